The molecule has 122 valence electrons. The van der Waals surface area contributed by atoms with E-state index in [1.807, 2.05) is 13.8 Å². The number of carbonyl (C=O) groups is 1. The quantitative estimate of drug-likeness (QED) is 0.844. The van der Waals surface area contributed by atoms with E-state index in [1.165, 1.54) is 11.1 Å². The summed E-state index contributed by atoms with van der Waals surface area (Å²) in [6.45, 7) is 8.58. The molecule has 4 nitrogen and oxygen atoms in total. The van der Waals surface area contributed by atoms with E-state index in [1.54, 1.807) is 30.1 Å². The SMILES string of the molecule is Cc1ccc(CN(C)C(=O)c2cccc(OC(C)C)n2)cc1C. The summed E-state index contributed by atoms with van der Waals surface area (Å²) < 4.78 is 5.55. The number of nitrogens with zero attached hydrogens (tertiary/aromatic N) is 2. The largest absolute Gasteiger partial charge is 0.475 e. The Bertz CT molecular complexity index is 696. The molecule has 0 radical (unpaired) electrons. The molecule has 1 aromatic carbocycles. The number of carbonyl (C=O) groups excluding carboxylic acids is 1. The van der Waals surface area contributed by atoms with Crippen LogP contribution in [-0.2, 0) is 6.54 Å². The highest BCUT2D eigenvalue weighted by Gasteiger charge is 2.15. The van der Waals surface area contributed by atoms with Crippen molar-refractivity contribution in [3.05, 3.63) is 58.8 Å². The maximum atomic E-state index is 12.5. The fraction of sp³-hybridized carbons (Fsp3) is 0.368. The van der Waals surface area contributed by atoms with Gasteiger partial charge in [0.25, 0.3) is 5.91 Å². The first kappa shape index (κ1) is 17.0. The Kier molecular flexibility index (Phi) is 5.37. The van der Waals surface area contributed by atoms with Crippen molar-refractivity contribution in [3.63, 3.8) is 0 Å². The summed E-state index contributed by atoms with van der Waals surface area (Å²) in [5.74, 6) is 0.364. The molecule has 2 aromatic rings. The number of pyridine rings is 1. The molecule has 2 rings (SSSR count). The van der Waals surface area contributed by atoms with Crippen LogP contribution < -0.4 is 4.74 Å². The van der Waals surface area contributed by atoms with Crippen LogP contribution in [0.2, 0.25) is 0 Å². The molecule has 1 amide bonds. The second-order valence-electron chi connectivity index (χ2n) is 6.11. The number of rotatable bonds is 5. The van der Waals surface area contributed by atoms with E-state index in [-0.39, 0.29) is 12.0 Å². The lowest BCUT2D eigenvalue weighted by Gasteiger charge is -2.18. The molecule has 0 aliphatic heterocycles. The molecule has 23 heavy (non-hydrogen) atoms. The lowest BCUT2D eigenvalue weighted by atomic mass is 10.1. The van der Waals surface area contributed by atoms with Crippen LogP contribution in [0, 0.1) is 13.8 Å². The zero-order valence-electron chi connectivity index (χ0n) is 14.5. The van der Waals surface area contributed by atoms with Crippen LogP contribution in [0.1, 0.15) is 41.0 Å². The number of ether oxygens (including phenoxy) is 1. The molecule has 0 spiro atoms. The monoisotopic (exact) mass is 312 g/mol. The third-order valence-corrected chi connectivity index (χ3v) is 3.64. The first-order valence-corrected chi connectivity index (χ1v) is 7.82. The number of aryl methyl sites for hydroxylation is 2. The Labute approximate surface area is 138 Å². The Morgan fingerprint density at radius 3 is 2.57 bits per heavy atom. The highest BCUT2D eigenvalue weighted by molar-refractivity contribution is 5.92. The number of hydrogen-bond acceptors (Lipinski definition) is 3. The van der Waals surface area contributed by atoms with Gasteiger partial charge in [0, 0.05) is 19.7 Å². The van der Waals surface area contributed by atoms with Crippen molar-refractivity contribution in [1.29, 1.82) is 0 Å². The summed E-state index contributed by atoms with van der Waals surface area (Å²) in [6.07, 6.45) is 0.0288. The number of amides is 1. The molecule has 0 fully saturated rings. The summed E-state index contributed by atoms with van der Waals surface area (Å²) in [7, 11) is 1.79. The topological polar surface area (TPSA) is 42.4 Å². The van der Waals surface area contributed by atoms with Gasteiger partial charge in [0.2, 0.25) is 5.88 Å². The van der Waals surface area contributed by atoms with Gasteiger partial charge in [0.1, 0.15) is 5.69 Å². The van der Waals surface area contributed by atoms with Crippen molar-refractivity contribution in [3.8, 4) is 5.88 Å². The van der Waals surface area contributed by atoms with E-state index in [9.17, 15) is 4.79 Å². The number of hydrogen-bond donors (Lipinski definition) is 0. The maximum Gasteiger partial charge on any atom is 0.272 e. The predicted molar refractivity (Wildman–Crippen MR) is 91.7 cm³/mol. The minimum Gasteiger partial charge on any atom is -0.475 e. The normalized spacial score (nSPS) is 10.7. The van der Waals surface area contributed by atoms with Crippen LogP contribution >= 0.6 is 0 Å². The molecule has 0 saturated heterocycles. The Morgan fingerprint density at radius 2 is 1.91 bits per heavy atom. The highest BCUT2D eigenvalue weighted by atomic mass is 16.5. The van der Waals surface area contributed by atoms with Crippen LogP contribution in [0.3, 0.4) is 0 Å². The molecule has 0 aliphatic rings. The Balaban J connectivity index is 2.11. The summed E-state index contributed by atoms with van der Waals surface area (Å²) in [5.41, 5.74) is 3.99. The smallest absolute Gasteiger partial charge is 0.272 e. The molecule has 0 atom stereocenters. The second-order valence-corrected chi connectivity index (χ2v) is 6.11. The van der Waals surface area contributed by atoms with E-state index < -0.39 is 0 Å². The minimum absolute atomic E-state index is 0.0288. The first-order valence-electron chi connectivity index (χ1n) is 7.82. The maximum absolute atomic E-state index is 12.5. The van der Waals surface area contributed by atoms with Crippen molar-refractivity contribution in [2.45, 2.75) is 40.3 Å². The summed E-state index contributed by atoms with van der Waals surface area (Å²) in [5, 5.41) is 0. The van der Waals surface area contributed by atoms with Crippen molar-refractivity contribution >= 4 is 5.91 Å². The standard InChI is InChI=1S/C19H24N2O2/c1-13(2)23-18-8-6-7-17(20-18)19(22)21(5)12-16-10-9-14(3)15(4)11-16/h6-11,13H,12H2,1-5H3. The zero-order chi connectivity index (χ0) is 17.0. The summed E-state index contributed by atoms with van der Waals surface area (Å²) in [4.78, 5) is 18.5. The van der Waals surface area contributed by atoms with Crippen LogP contribution in [0.4, 0.5) is 0 Å². The van der Waals surface area contributed by atoms with Gasteiger partial charge in [-0.2, -0.15) is 0 Å². The van der Waals surface area contributed by atoms with E-state index in [4.69, 9.17) is 4.74 Å². The molecule has 0 N–H and O–H groups in total. The van der Waals surface area contributed by atoms with Crippen LogP contribution in [-0.4, -0.2) is 28.9 Å². The summed E-state index contributed by atoms with van der Waals surface area (Å²) >= 11 is 0. The third kappa shape index (κ3) is 4.55. The minimum atomic E-state index is -0.113. The molecular formula is C19H24N2O2. The van der Waals surface area contributed by atoms with Crippen LogP contribution in [0.25, 0.3) is 0 Å². The lowest BCUT2D eigenvalue weighted by molar-refractivity contribution is 0.0777. The molecule has 1 heterocycles. The van der Waals surface area contributed by atoms with Gasteiger partial charge in [-0.15, -0.1) is 0 Å². The van der Waals surface area contributed by atoms with Crippen molar-refractivity contribution in [2.24, 2.45) is 0 Å². The second kappa shape index (κ2) is 7.27. The van der Waals surface area contributed by atoms with Crippen molar-refractivity contribution in [1.82, 2.24) is 9.88 Å². The lowest BCUT2D eigenvalue weighted by Crippen LogP contribution is -2.27. The fourth-order valence-electron chi connectivity index (χ4n) is 2.28. The van der Waals surface area contributed by atoms with E-state index in [0.717, 1.165) is 5.56 Å². The van der Waals surface area contributed by atoms with Gasteiger partial charge in [-0.3, -0.25) is 4.79 Å². The van der Waals surface area contributed by atoms with Gasteiger partial charge < -0.3 is 9.64 Å². The average Bonchev–Trinajstić information content (AvgIpc) is 2.49. The molecule has 0 bridgehead atoms. The Morgan fingerprint density at radius 1 is 1.17 bits per heavy atom. The number of aromatic nitrogens is 1. The molecule has 0 saturated carbocycles. The van der Waals surface area contributed by atoms with E-state index >= 15 is 0 Å². The molecule has 0 unspecified atom stereocenters. The predicted octanol–water partition coefficient (Wildman–Crippen LogP) is 3.76. The van der Waals surface area contributed by atoms with Gasteiger partial charge in [0.05, 0.1) is 6.10 Å². The first-order chi connectivity index (χ1) is 10.9. The number of benzene rings is 1. The van der Waals surface area contributed by atoms with Crippen molar-refractivity contribution < 1.29 is 9.53 Å². The summed E-state index contributed by atoms with van der Waals surface area (Å²) in [6, 6.07) is 11.5. The third-order valence-electron chi connectivity index (χ3n) is 3.64. The fourth-order valence-corrected chi connectivity index (χ4v) is 2.28. The average molecular weight is 312 g/mol. The van der Waals surface area contributed by atoms with Crippen molar-refractivity contribution in [2.75, 3.05) is 7.05 Å². The van der Waals surface area contributed by atoms with Gasteiger partial charge in [-0.05, 0) is 50.5 Å². The Hall–Kier alpha value is -2.36. The molecular weight excluding hydrogens is 288 g/mol. The molecule has 4 heteroatoms. The van der Waals surface area contributed by atoms with Gasteiger partial charge in [-0.25, -0.2) is 4.98 Å². The van der Waals surface area contributed by atoms with Gasteiger partial charge in [-0.1, -0.05) is 24.3 Å². The van der Waals surface area contributed by atoms with Crippen LogP contribution in [0.15, 0.2) is 36.4 Å². The van der Waals surface area contributed by atoms with E-state index in [2.05, 4.69) is 37.0 Å². The van der Waals surface area contributed by atoms with E-state index in [0.29, 0.717) is 18.1 Å². The zero-order valence-corrected chi connectivity index (χ0v) is 14.5. The highest BCUT2D eigenvalue weighted by Crippen LogP contribution is 2.14. The molecule has 0 aliphatic carbocycles. The van der Waals surface area contributed by atoms with Crippen LogP contribution in [0.5, 0.6) is 5.88 Å². The van der Waals surface area contributed by atoms with Gasteiger partial charge >= 0.3 is 0 Å². The molecule has 1 aromatic heterocycles. The van der Waals surface area contributed by atoms with Gasteiger partial charge in [0.15, 0.2) is 0 Å².